The fraction of sp³-hybridized carbons (Fsp3) is 0.524. The fourth-order valence-corrected chi connectivity index (χ4v) is 3.62. The van der Waals surface area contributed by atoms with Crippen LogP contribution in [0.25, 0.3) is 0 Å². The minimum atomic E-state index is -0.228. The highest BCUT2D eigenvalue weighted by Gasteiger charge is 2.32. The standard InChI is InChI=1S/C21H27ClN4O4/c1-25(14-19-23-18(24-30-19)10-12-29-2)21(28)16-5-8-20(27)26(13-16)11-9-15-3-6-17(22)7-4-15/h3-4,6-7,16H,5,8-14H2,1-2H3/t16-/m0/s1. The van der Waals surface area contributed by atoms with E-state index in [4.69, 9.17) is 20.9 Å². The van der Waals surface area contributed by atoms with E-state index in [0.29, 0.717) is 55.7 Å². The van der Waals surface area contributed by atoms with Crippen LogP contribution in [-0.4, -0.2) is 65.6 Å². The Bertz CT molecular complexity index is 855. The number of amides is 2. The van der Waals surface area contributed by atoms with E-state index in [1.807, 2.05) is 24.3 Å². The summed E-state index contributed by atoms with van der Waals surface area (Å²) in [4.78, 5) is 32.9. The van der Waals surface area contributed by atoms with E-state index in [1.54, 1.807) is 24.0 Å². The minimum Gasteiger partial charge on any atom is -0.384 e. The summed E-state index contributed by atoms with van der Waals surface area (Å²) in [5, 5.41) is 4.58. The van der Waals surface area contributed by atoms with E-state index in [0.717, 1.165) is 12.0 Å². The number of carbonyl (C=O) groups excluding carboxylic acids is 2. The van der Waals surface area contributed by atoms with Crippen molar-refractivity contribution >= 4 is 23.4 Å². The van der Waals surface area contributed by atoms with Crippen LogP contribution in [0.2, 0.25) is 5.02 Å². The van der Waals surface area contributed by atoms with Gasteiger partial charge in [-0.25, -0.2) is 0 Å². The third-order valence-electron chi connectivity index (χ3n) is 5.22. The van der Waals surface area contributed by atoms with Crippen LogP contribution in [0.4, 0.5) is 0 Å². The summed E-state index contributed by atoms with van der Waals surface area (Å²) < 4.78 is 10.2. The van der Waals surface area contributed by atoms with Gasteiger partial charge in [0, 0.05) is 45.1 Å². The second-order valence-electron chi connectivity index (χ2n) is 7.49. The Morgan fingerprint density at radius 2 is 2.10 bits per heavy atom. The van der Waals surface area contributed by atoms with Crippen LogP contribution in [0, 0.1) is 5.92 Å². The number of aromatic nitrogens is 2. The summed E-state index contributed by atoms with van der Waals surface area (Å²) in [6.45, 7) is 1.77. The van der Waals surface area contributed by atoms with E-state index in [2.05, 4.69) is 10.1 Å². The molecular weight excluding hydrogens is 408 g/mol. The zero-order chi connectivity index (χ0) is 21.5. The topological polar surface area (TPSA) is 88.8 Å². The molecule has 1 aliphatic heterocycles. The molecule has 0 aliphatic carbocycles. The number of piperidine rings is 1. The van der Waals surface area contributed by atoms with Gasteiger partial charge in [-0.2, -0.15) is 4.98 Å². The highest BCUT2D eigenvalue weighted by Crippen LogP contribution is 2.21. The zero-order valence-electron chi connectivity index (χ0n) is 17.3. The average Bonchev–Trinajstić information content (AvgIpc) is 3.19. The van der Waals surface area contributed by atoms with Crippen molar-refractivity contribution in [2.24, 2.45) is 5.92 Å². The van der Waals surface area contributed by atoms with E-state index < -0.39 is 0 Å². The predicted molar refractivity (Wildman–Crippen MR) is 111 cm³/mol. The molecule has 1 saturated heterocycles. The molecule has 2 amide bonds. The second-order valence-corrected chi connectivity index (χ2v) is 7.93. The van der Waals surface area contributed by atoms with Crippen molar-refractivity contribution in [3.63, 3.8) is 0 Å². The fourth-order valence-electron chi connectivity index (χ4n) is 3.49. The molecule has 0 spiro atoms. The van der Waals surface area contributed by atoms with Gasteiger partial charge in [-0.15, -0.1) is 0 Å². The van der Waals surface area contributed by atoms with E-state index in [9.17, 15) is 9.59 Å². The largest absolute Gasteiger partial charge is 0.384 e. The van der Waals surface area contributed by atoms with Crippen LogP contribution in [0.15, 0.2) is 28.8 Å². The summed E-state index contributed by atoms with van der Waals surface area (Å²) >= 11 is 5.92. The summed E-state index contributed by atoms with van der Waals surface area (Å²) in [6, 6.07) is 7.60. The van der Waals surface area contributed by atoms with Crippen molar-refractivity contribution in [2.45, 2.75) is 32.2 Å². The number of carbonyl (C=O) groups is 2. The maximum atomic E-state index is 12.9. The van der Waals surface area contributed by atoms with E-state index >= 15 is 0 Å². The molecule has 2 aromatic rings. The molecule has 30 heavy (non-hydrogen) atoms. The lowest BCUT2D eigenvalue weighted by Gasteiger charge is -2.33. The lowest BCUT2D eigenvalue weighted by molar-refractivity contribution is -0.142. The molecule has 1 fully saturated rings. The van der Waals surface area contributed by atoms with Crippen molar-refractivity contribution in [2.75, 3.05) is 33.9 Å². The first kappa shape index (κ1) is 22.2. The molecule has 0 saturated carbocycles. The number of benzene rings is 1. The summed E-state index contributed by atoms with van der Waals surface area (Å²) in [5.41, 5.74) is 1.11. The Hall–Kier alpha value is -2.45. The van der Waals surface area contributed by atoms with Crippen molar-refractivity contribution in [3.8, 4) is 0 Å². The third kappa shape index (κ3) is 6.03. The molecule has 1 aromatic carbocycles. The first-order valence-electron chi connectivity index (χ1n) is 10.0. The van der Waals surface area contributed by atoms with E-state index in [-0.39, 0.29) is 24.3 Å². The number of nitrogens with zero attached hydrogens (tertiary/aromatic N) is 4. The molecule has 1 aromatic heterocycles. The van der Waals surface area contributed by atoms with Crippen LogP contribution >= 0.6 is 11.6 Å². The number of halogens is 1. The van der Waals surface area contributed by atoms with Crippen LogP contribution in [0.3, 0.4) is 0 Å². The van der Waals surface area contributed by atoms with Gasteiger partial charge in [0.25, 0.3) is 0 Å². The number of ether oxygens (including phenoxy) is 1. The Morgan fingerprint density at radius 1 is 1.33 bits per heavy atom. The predicted octanol–water partition coefficient (Wildman–Crippen LogP) is 2.35. The van der Waals surface area contributed by atoms with Crippen molar-refractivity contribution in [3.05, 3.63) is 46.6 Å². The van der Waals surface area contributed by atoms with Gasteiger partial charge in [-0.3, -0.25) is 9.59 Å². The smallest absolute Gasteiger partial charge is 0.246 e. The number of hydrogen-bond donors (Lipinski definition) is 0. The van der Waals surface area contributed by atoms with Gasteiger partial charge in [0.1, 0.15) is 0 Å². The number of hydrogen-bond acceptors (Lipinski definition) is 6. The van der Waals surface area contributed by atoms with Gasteiger partial charge in [0.2, 0.25) is 17.7 Å². The molecule has 0 radical (unpaired) electrons. The Kier molecular flexibility index (Phi) is 7.81. The van der Waals surface area contributed by atoms with E-state index in [1.165, 1.54) is 0 Å². The molecule has 9 heteroatoms. The number of likely N-dealkylation sites (tertiary alicyclic amines) is 1. The first-order chi connectivity index (χ1) is 14.5. The van der Waals surface area contributed by atoms with Crippen molar-refractivity contribution in [1.29, 1.82) is 0 Å². The molecule has 3 rings (SSSR count). The molecule has 0 bridgehead atoms. The number of methoxy groups -OCH3 is 1. The highest BCUT2D eigenvalue weighted by atomic mass is 35.5. The second kappa shape index (κ2) is 10.5. The molecular formula is C21H27ClN4O4. The zero-order valence-corrected chi connectivity index (χ0v) is 18.1. The number of rotatable bonds is 9. The quantitative estimate of drug-likeness (QED) is 0.602. The molecule has 1 atom stereocenters. The summed E-state index contributed by atoms with van der Waals surface area (Å²) in [5.74, 6) is 0.799. The van der Waals surface area contributed by atoms with Gasteiger partial charge in [-0.05, 0) is 30.5 Å². The summed E-state index contributed by atoms with van der Waals surface area (Å²) in [6.07, 6.45) is 2.23. The molecule has 2 heterocycles. The maximum Gasteiger partial charge on any atom is 0.246 e. The monoisotopic (exact) mass is 434 g/mol. The Morgan fingerprint density at radius 3 is 2.83 bits per heavy atom. The SMILES string of the molecule is COCCc1noc(CN(C)C(=O)[C@H]2CCC(=O)N(CCc3ccc(Cl)cc3)C2)n1. The normalized spacial score (nSPS) is 16.7. The maximum absolute atomic E-state index is 12.9. The van der Waals surface area contributed by atoms with Crippen molar-refractivity contribution < 1.29 is 18.8 Å². The highest BCUT2D eigenvalue weighted by molar-refractivity contribution is 6.30. The van der Waals surface area contributed by atoms with Gasteiger partial charge >= 0.3 is 0 Å². The molecule has 0 N–H and O–H groups in total. The van der Waals surface area contributed by atoms with Crippen LogP contribution < -0.4 is 0 Å². The lowest BCUT2D eigenvalue weighted by atomic mass is 9.95. The van der Waals surface area contributed by atoms with Crippen LogP contribution in [0.5, 0.6) is 0 Å². The Balaban J connectivity index is 1.52. The first-order valence-corrected chi connectivity index (χ1v) is 10.4. The van der Waals surface area contributed by atoms with Crippen LogP contribution in [0.1, 0.15) is 30.1 Å². The van der Waals surface area contributed by atoms with Gasteiger partial charge in [0.15, 0.2) is 5.82 Å². The van der Waals surface area contributed by atoms with Gasteiger partial charge < -0.3 is 19.1 Å². The van der Waals surface area contributed by atoms with Crippen molar-refractivity contribution in [1.82, 2.24) is 19.9 Å². The lowest BCUT2D eigenvalue weighted by Crippen LogP contribution is -2.46. The molecule has 1 aliphatic rings. The van der Waals surface area contributed by atoms with Crippen LogP contribution in [-0.2, 0) is 33.7 Å². The van der Waals surface area contributed by atoms with Gasteiger partial charge in [-0.1, -0.05) is 28.9 Å². The average molecular weight is 435 g/mol. The summed E-state index contributed by atoms with van der Waals surface area (Å²) in [7, 11) is 3.33. The molecule has 8 nitrogen and oxygen atoms in total. The molecule has 162 valence electrons. The minimum absolute atomic E-state index is 0.0179. The third-order valence-corrected chi connectivity index (χ3v) is 5.47. The Labute approximate surface area is 181 Å². The molecule has 0 unspecified atom stereocenters. The van der Waals surface area contributed by atoms with Gasteiger partial charge in [0.05, 0.1) is 19.1 Å².